The second kappa shape index (κ2) is 10.7. The molecule has 1 saturated heterocycles. The van der Waals surface area contributed by atoms with E-state index in [1.165, 1.54) is 17.7 Å². The number of hydrogen-bond acceptors (Lipinski definition) is 3. The topological polar surface area (TPSA) is 51.4 Å². The molecule has 0 spiro atoms. The molecule has 1 aromatic heterocycles. The van der Waals surface area contributed by atoms with Crippen molar-refractivity contribution in [3.8, 4) is 0 Å². The number of anilines is 2. The van der Waals surface area contributed by atoms with Crippen LogP contribution in [0.1, 0.15) is 16.7 Å². The van der Waals surface area contributed by atoms with E-state index in [-0.39, 0.29) is 5.91 Å². The average molecular weight is 507 g/mol. The molecule has 1 aliphatic heterocycles. The second-order valence-electron chi connectivity index (χ2n) is 9.41. The number of hydrogen-bond donors (Lipinski definition) is 2. The van der Waals surface area contributed by atoms with E-state index in [0.29, 0.717) is 25.2 Å². The van der Waals surface area contributed by atoms with Crippen LogP contribution in [0.3, 0.4) is 0 Å². The van der Waals surface area contributed by atoms with Crippen molar-refractivity contribution >= 4 is 28.2 Å². The van der Waals surface area contributed by atoms with Crippen LogP contribution in [0.2, 0.25) is 0 Å². The number of aromatic amines is 1. The van der Waals surface area contributed by atoms with E-state index in [1.54, 1.807) is 6.07 Å². The van der Waals surface area contributed by atoms with E-state index in [4.69, 9.17) is 0 Å². The molecule has 5 rings (SSSR count). The molecule has 2 N–H and O–H groups in total. The minimum Gasteiger partial charge on any atom is -0.369 e. The third kappa shape index (κ3) is 6.14. The first-order chi connectivity index (χ1) is 17.8. The van der Waals surface area contributed by atoms with Crippen molar-refractivity contribution in [1.29, 1.82) is 0 Å². The van der Waals surface area contributed by atoms with E-state index >= 15 is 0 Å². The van der Waals surface area contributed by atoms with Gasteiger partial charge in [-0.3, -0.25) is 9.69 Å². The lowest BCUT2D eigenvalue weighted by Gasteiger charge is -2.36. The smallest absolute Gasteiger partial charge is 0.369 e. The van der Waals surface area contributed by atoms with Crippen molar-refractivity contribution in [2.45, 2.75) is 19.0 Å². The van der Waals surface area contributed by atoms with Gasteiger partial charge < -0.3 is 15.2 Å². The van der Waals surface area contributed by atoms with Crippen LogP contribution in [0.15, 0.2) is 79.0 Å². The van der Waals surface area contributed by atoms with Crippen LogP contribution in [0, 0.1) is 0 Å². The van der Waals surface area contributed by atoms with Gasteiger partial charge in [-0.2, -0.15) is 13.2 Å². The van der Waals surface area contributed by atoms with Gasteiger partial charge in [0.2, 0.25) is 5.91 Å². The van der Waals surface area contributed by atoms with Crippen LogP contribution in [0.4, 0.5) is 24.5 Å². The lowest BCUT2D eigenvalue weighted by atomic mass is 10.1. The van der Waals surface area contributed by atoms with Gasteiger partial charge in [0.05, 0.1) is 12.0 Å². The first-order valence-electron chi connectivity index (χ1n) is 12.4. The Morgan fingerprint density at radius 2 is 1.70 bits per heavy atom. The molecule has 192 valence electrons. The molecule has 4 aromatic rings. The maximum absolute atomic E-state index is 13.1. The highest BCUT2D eigenvalue weighted by Crippen LogP contribution is 2.32. The maximum atomic E-state index is 13.1. The number of benzene rings is 3. The monoisotopic (exact) mass is 506 g/mol. The summed E-state index contributed by atoms with van der Waals surface area (Å²) in [5, 5.41) is 4.08. The van der Waals surface area contributed by atoms with Crippen LogP contribution < -0.4 is 10.2 Å². The number of amides is 1. The third-order valence-corrected chi connectivity index (χ3v) is 6.87. The highest BCUT2D eigenvalue weighted by molar-refractivity contribution is 5.95. The molecular weight excluding hydrogens is 477 g/mol. The lowest BCUT2D eigenvalue weighted by Crippen LogP contribution is -2.47. The predicted octanol–water partition coefficient (Wildman–Crippen LogP) is 5.73. The van der Waals surface area contributed by atoms with Crippen LogP contribution in [0.25, 0.3) is 10.9 Å². The van der Waals surface area contributed by atoms with Gasteiger partial charge in [-0.1, -0.05) is 36.4 Å². The molecule has 8 heteroatoms. The number of fused-ring (bicyclic) bond motifs is 1. The fourth-order valence-corrected chi connectivity index (χ4v) is 4.84. The maximum Gasteiger partial charge on any atom is 0.416 e. The molecule has 0 unspecified atom stereocenters. The predicted molar refractivity (Wildman–Crippen MR) is 141 cm³/mol. The van der Waals surface area contributed by atoms with Gasteiger partial charge in [0, 0.05) is 61.2 Å². The number of halogens is 3. The number of aromatic nitrogens is 1. The summed E-state index contributed by atoms with van der Waals surface area (Å²) < 4.78 is 39.2. The fraction of sp³-hybridized carbons (Fsp3) is 0.276. The first kappa shape index (κ1) is 24.9. The fourth-order valence-electron chi connectivity index (χ4n) is 4.84. The second-order valence-corrected chi connectivity index (χ2v) is 9.41. The van der Waals surface area contributed by atoms with Crippen molar-refractivity contribution in [2.24, 2.45) is 0 Å². The molecular formula is C29H29F3N4O. The molecule has 5 nitrogen and oxygen atoms in total. The zero-order valence-electron chi connectivity index (χ0n) is 20.4. The summed E-state index contributed by atoms with van der Waals surface area (Å²) in [6.07, 6.45) is -1.16. The molecule has 1 amide bonds. The Labute approximate surface area is 213 Å². The minimum absolute atomic E-state index is 0.0544. The molecule has 0 atom stereocenters. The molecule has 1 fully saturated rings. The van der Waals surface area contributed by atoms with Crippen molar-refractivity contribution in [3.05, 3.63) is 95.7 Å². The van der Waals surface area contributed by atoms with E-state index in [2.05, 4.69) is 15.2 Å². The largest absolute Gasteiger partial charge is 0.416 e. The molecule has 0 radical (unpaired) electrons. The molecule has 37 heavy (non-hydrogen) atoms. The number of rotatable bonds is 7. The third-order valence-electron chi connectivity index (χ3n) is 6.87. The molecule has 0 bridgehead atoms. The highest BCUT2D eigenvalue weighted by atomic mass is 19.4. The molecule has 0 aliphatic carbocycles. The van der Waals surface area contributed by atoms with Gasteiger partial charge in [-0.25, -0.2) is 0 Å². The zero-order valence-corrected chi connectivity index (χ0v) is 20.4. The normalized spacial score (nSPS) is 14.7. The number of piperazine rings is 1. The van der Waals surface area contributed by atoms with Crippen molar-refractivity contribution < 1.29 is 18.0 Å². The van der Waals surface area contributed by atoms with Crippen LogP contribution in [-0.4, -0.2) is 48.5 Å². The van der Waals surface area contributed by atoms with Gasteiger partial charge in [0.1, 0.15) is 0 Å². The van der Waals surface area contributed by atoms with Gasteiger partial charge in [0.15, 0.2) is 0 Å². The van der Waals surface area contributed by atoms with Crippen LogP contribution >= 0.6 is 0 Å². The van der Waals surface area contributed by atoms with E-state index in [0.717, 1.165) is 54.3 Å². The molecule has 3 aromatic carbocycles. The van der Waals surface area contributed by atoms with Gasteiger partial charge in [-0.15, -0.1) is 0 Å². The lowest BCUT2D eigenvalue weighted by molar-refractivity contribution is -0.137. The Hall–Kier alpha value is -3.78. The Balaban J connectivity index is 1.16. The summed E-state index contributed by atoms with van der Waals surface area (Å²) in [4.78, 5) is 20.2. The van der Waals surface area contributed by atoms with Crippen molar-refractivity contribution in [1.82, 2.24) is 9.88 Å². The van der Waals surface area contributed by atoms with E-state index in [1.807, 2.05) is 59.6 Å². The Morgan fingerprint density at radius 1 is 0.919 bits per heavy atom. The summed E-state index contributed by atoms with van der Waals surface area (Å²) in [5.74, 6) is -0.0544. The summed E-state index contributed by atoms with van der Waals surface area (Å²) >= 11 is 0. The molecule has 0 saturated carbocycles. The van der Waals surface area contributed by atoms with E-state index in [9.17, 15) is 18.0 Å². The zero-order chi connectivity index (χ0) is 25.8. The summed E-state index contributed by atoms with van der Waals surface area (Å²) in [6.45, 7) is 3.81. The number of nitrogens with zero attached hydrogens (tertiary/aromatic N) is 2. The van der Waals surface area contributed by atoms with Crippen molar-refractivity contribution in [2.75, 3.05) is 42.9 Å². The van der Waals surface area contributed by atoms with Gasteiger partial charge >= 0.3 is 6.18 Å². The minimum atomic E-state index is -4.33. The number of alkyl halides is 3. The summed E-state index contributed by atoms with van der Waals surface area (Å²) in [5.41, 5.74) is 3.94. The Kier molecular flexibility index (Phi) is 7.19. The Bertz CT molecular complexity index is 1360. The van der Waals surface area contributed by atoms with Crippen LogP contribution in [0.5, 0.6) is 0 Å². The van der Waals surface area contributed by atoms with Crippen molar-refractivity contribution in [3.63, 3.8) is 0 Å². The first-order valence-corrected chi connectivity index (χ1v) is 12.4. The Morgan fingerprint density at radius 3 is 2.46 bits per heavy atom. The standard InChI is InChI=1S/C29H29F3N4O/c30-29(31,32)23-7-4-8-25(18-23)36-15-13-35(14-16-36)12-11-22-20-33-27-10-9-24(19-26(22)27)34-28(37)17-21-5-2-1-3-6-21/h1-10,18-20,33H,11-17H2,(H,34,37). The summed E-state index contributed by atoms with van der Waals surface area (Å²) in [6, 6.07) is 21.1. The highest BCUT2D eigenvalue weighted by Gasteiger charge is 2.31. The van der Waals surface area contributed by atoms with Gasteiger partial charge in [0.25, 0.3) is 0 Å². The average Bonchev–Trinajstić information content (AvgIpc) is 3.30. The molecule has 2 heterocycles. The summed E-state index contributed by atoms with van der Waals surface area (Å²) in [7, 11) is 0. The number of nitrogens with one attached hydrogen (secondary N) is 2. The number of H-pyrrole nitrogens is 1. The van der Waals surface area contributed by atoms with Crippen LogP contribution in [-0.2, 0) is 23.8 Å². The van der Waals surface area contributed by atoms with Gasteiger partial charge in [-0.05, 0) is 53.9 Å². The molecule has 1 aliphatic rings. The SMILES string of the molecule is O=C(Cc1ccccc1)Nc1ccc2[nH]cc(CCN3CCN(c4cccc(C(F)(F)F)c4)CC3)c2c1. The quantitative estimate of drug-likeness (QED) is 0.337. The number of carbonyl (C=O) groups excluding carboxylic acids is 1. The van der Waals surface area contributed by atoms with E-state index < -0.39 is 11.7 Å². The number of carbonyl (C=O) groups is 1.